The molecule has 1 aromatic heterocycles. The number of nitrogens with one attached hydrogen (secondary N) is 2. The second kappa shape index (κ2) is 8.47. The average Bonchev–Trinajstić information content (AvgIpc) is 3.09. The molecule has 0 fully saturated rings. The van der Waals surface area contributed by atoms with Gasteiger partial charge in [-0.05, 0) is 61.4 Å². The Balaban J connectivity index is 1.60. The summed E-state index contributed by atoms with van der Waals surface area (Å²) >= 11 is 0. The van der Waals surface area contributed by atoms with Gasteiger partial charge in [-0.1, -0.05) is 19.0 Å². The van der Waals surface area contributed by atoms with E-state index in [1.165, 1.54) is 0 Å². The standard InChI is InChI=1S/C21H22N4O3/c1-13(2)12-19(26)23-17-8-10-18(11-9-17)24-20(27)15-4-6-16(7-5-15)21-22-14(3)25-28-21/h4-11,13H,12H2,1-3H3,(H,23,26)(H,24,27). The molecule has 0 radical (unpaired) electrons. The number of hydrogen-bond acceptors (Lipinski definition) is 5. The molecule has 28 heavy (non-hydrogen) atoms. The number of hydrogen-bond donors (Lipinski definition) is 2. The average molecular weight is 378 g/mol. The van der Waals surface area contributed by atoms with Gasteiger partial charge in [0.1, 0.15) is 0 Å². The molecule has 2 aromatic carbocycles. The Kier molecular flexibility index (Phi) is 5.84. The summed E-state index contributed by atoms with van der Waals surface area (Å²) in [5.41, 5.74) is 2.60. The lowest BCUT2D eigenvalue weighted by atomic mass is 10.1. The van der Waals surface area contributed by atoms with Gasteiger partial charge >= 0.3 is 0 Å². The number of rotatable bonds is 6. The van der Waals surface area contributed by atoms with Gasteiger partial charge in [0.05, 0.1) is 0 Å². The van der Waals surface area contributed by atoms with E-state index >= 15 is 0 Å². The Hall–Kier alpha value is -3.48. The van der Waals surface area contributed by atoms with Crippen molar-refractivity contribution < 1.29 is 14.1 Å². The van der Waals surface area contributed by atoms with E-state index in [0.717, 1.165) is 5.56 Å². The molecule has 3 aromatic rings. The lowest BCUT2D eigenvalue weighted by molar-refractivity contribution is -0.116. The number of amides is 2. The number of aromatic nitrogens is 2. The highest BCUT2D eigenvalue weighted by molar-refractivity contribution is 6.04. The highest BCUT2D eigenvalue weighted by atomic mass is 16.5. The maximum Gasteiger partial charge on any atom is 0.257 e. The minimum Gasteiger partial charge on any atom is -0.334 e. The van der Waals surface area contributed by atoms with Crippen molar-refractivity contribution in [3.8, 4) is 11.5 Å². The molecule has 1 heterocycles. The summed E-state index contributed by atoms with van der Waals surface area (Å²) in [5.74, 6) is 1.02. The first kappa shape index (κ1) is 19.3. The second-order valence-electron chi connectivity index (χ2n) is 6.90. The van der Waals surface area contributed by atoms with E-state index in [2.05, 4.69) is 20.8 Å². The Morgan fingerprint density at radius 3 is 2.11 bits per heavy atom. The molecule has 2 N–H and O–H groups in total. The highest BCUT2D eigenvalue weighted by Gasteiger charge is 2.10. The molecule has 0 saturated heterocycles. The van der Waals surface area contributed by atoms with Gasteiger partial charge in [-0.15, -0.1) is 0 Å². The Morgan fingerprint density at radius 1 is 0.964 bits per heavy atom. The maximum atomic E-state index is 12.4. The molecule has 3 rings (SSSR count). The molecular weight excluding hydrogens is 356 g/mol. The molecule has 0 aliphatic rings. The van der Waals surface area contributed by atoms with Crippen molar-refractivity contribution in [2.24, 2.45) is 5.92 Å². The van der Waals surface area contributed by atoms with E-state index in [-0.39, 0.29) is 11.8 Å². The van der Waals surface area contributed by atoms with Gasteiger partial charge in [0.15, 0.2) is 5.82 Å². The molecule has 144 valence electrons. The zero-order chi connectivity index (χ0) is 20.1. The summed E-state index contributed by atoms with van der Waals surface area (Å²) < 4.78 is 5.11. The van der Waals surface area contributed by atoms with Gasteiger partial charge in [0.25, 0.3) is 11.8 Å². The van der Waals surface area contributed by atoms with E-state index in [0.29, 0.717) is 41.0 Å². The minimum atomic E-state index is -0.232. The van der Waals surface area contributed by atoms with Gasteiger partial charge in [0, 0.05) is 28.9 Å². The summed E-state index contributed by atoms with van der Waals surface area (Å²) in [6.07, 6.45) is 0.470. The van der Waals surface area contributed by atoms with Crippen molar-refractivity contribution >= 4 is 23.2 Å². The number of nitrogens with zero attached hydrogens (tertiary/aromatic N) is 2. The van der Waals surface area contributed by atoms with Crippen molar-refractivity contribution in [1.29, 1.82) is 0 Å². The molecule has 7 nitrogen and oxygen atoms in total. The lowest BCUT2D eigenvalue weighted by Gasteiger charge is -2.09. The molecule has 0 spiro atoms. The van der Waals surface area contributed by atoms with Crippen LogP contribution in [0.4, 0.5) is 11.4 Å². The van der Waals surface area contributed by atoms with E-state index < -0.39 is 0 Å². The Labute approximate surface area is 163 Å². The monoisotopic (exact) mass is 378 g/mol. The zero-order valence-electron chi connectivity index (χ0n) is 16.0. The molecule has 7 heteroatoms. The molecule has 0 bridgehead atoms. The van der Waals surface area contributed by atoms with Gasteiger partial charge in [-0.2, -0.15) is 4.98 Å². The topological polar surface area (TPSA) is 97.1 Å². The summed E-state index contributed by atoms with van der Waals surface area (Å²) in [4.78, 5) is 28.4. The van der Waals surface area contributed by atoms with Gasteiger partial charge < -0.3 is 15.2 Å². The van der Waals surface area contributed by atoms with Crippen LogP contribution in [0.3, 0.4) is 0 Å². The fraction of sp³-hybridized carbons (Fsp3) is 0.238. The van der Waals surface area contributed by atoms with Gasteiger partial charge in [0.2, 0.25) is 5.91 Å². The molecular formula is C21H22N4O3. The normalized spacial score (nSPS) is 10.7. The van der Waals surface area contributed by atoms with Crippen molar-refractivity contribution in [2.45, 2.75) is 27.2 Å². The van der Waals surface area contributed by atoms with E-state index in [4.69, 9.17) is 4.52 Å². The molecule has 0 unspecified atom stereocenters. The number of benzene rings is 2. The highest BCUT2D eigenvalue weighted by Crippen LogP contribution is 2.19. The van der Waals surface area contributed by atoms with Crippen LogP contribution in [0.25, 0.3) is 11.5 Å². The Bertz CT molecular complexity index is 960. The van der Waals surface area contributed by atoms with Crippen LogP contribution in [-0.4, -0.2) is 22.0 Å². The SMILES string of the molecule is Cc1noc(-c2ccc(C(=O)Nc3ccc(NC(=O)CC(C)C)cc3)cc2)n1. The summed E-state index contributed by atoms with van der Waals surface area (Å²) in [6.45, 7) is 5.73. The largest absolute Gasteiger partial charge is 0.334 e. The van der Waals surface area contributed by atoms with Gasteiger partial charge in [-0.3, -0.25) is 9.59 Å². The number of carbonyl (C=O) groups is 2. The molecule has 0 atom stereocenters. The summed E-state index contributed by atoms with van der Waals surface area (Å²) in [7, 11) is 0. The van der Waals surface area contributed by atoms with Crippen LogP contribution in [0.2, 0.25) is 0 Å². The fourth-order valence-corrected chi connectivity index (χ4v) is 2.60. The van der Waals surface area contributed by atoms with Crippen LogP contribution in [0.15, 0.2) is 53.1 Å². The smallest absolute Gasteiger partial charge is 0.257 e. The molecule has 2 amide bonds. The maximum absolute atomic E-state index is 12.4. The van der Waals surface area contributed by atoms with Crippen molar-refractivity contribution in [2.75, 3.05) is 10.6 Å². The van der Waals surface area contributed by atoms with Crippen LogP contribution >= 0.6 is 0 Å². The zero-order valence-corrected chi connectivity index (χ0v) is 16.0. The summed E-state index contributed by atoms with van der Waals surface area (Å²) in [6, 6.07) is 13.9. The summed E-state index contributed by atoms with van der Waals surface area (Å²) in [5, 5.41) is 9.42. The third kappa shape index (κ3) is 5.03. The molecule has 0 aliphatic carbocycles. The van der Waals surface area contributed by atoms with Crippen molar-refractivity contribution in [1.82, 2.24) is 10.1 Å². The predicted octanol–water partition coefficient (Wildman–Crippen LogP) is 4.28. The first-order valence-corrected chi connectivity index (χ1v) is 9.03. The Morgan fingerprint density at radius 2 is 1.57 bits per heavy atom. The second-order valence-corrected chi connectivity index (χ2v) is 6.90. The van der Waals surface area contributed by atoms with E-state index in [1.807, 2.05) is 13.8 Å². The van der Waals surface area contributed by atoms with Crippen LogP contribution < -0.4 is 10.6 Å². The van der Waals surface area contributed by atoms with Gasteiger partial charge in [-0.25, -0.2) is 0 Å². The van der Waals surface area contributed by atoms with Crippen molar-refractivity contribution in [3.63, 3.8) is 0 Å². The number of carbonyl (C=O) groups excluding carboxylic acids is 2. The molecule has 0 aliphatic heterocycles. The third-order valence-electron chi connectivity index (χ3n) is 3.94. The first-order valence-electron chi connectivity index (χ1n) is 9.03. The van der Waals surface area contributed by atoms with Crippen LogP contribution in [0.5, 0.6) is 0 Å². The van der Waals surface area contributed by atoms with Crippen LogP contribution in [-0.2, 0) is 4.79 Å². The van der Waals surface area contributed by atoms with E-state index in [9.17, 15) is 9.59 Å². The molecule has 0 saturated carbocycles. The van der Waals surface area contributed by atoms with Crippen LogP contribution in [0, 0.1) is 12.8 Å². The quantitative estimate of drug-likeness (QED) is 0.667. The van der Waals surface area contributed by atoms with Crippen LogP contribution in [0.1, 0.15) is 36.5 Å². The van der Waals surface area contributed by atoms with E-state index in [1.54, 1.807) is 55.5 Å². The minimum absolute atomic E-state index is 0.0247. The number of anilines is 2. The predicted molar refractivity (Wildman–Crippen MR) is 107 cm³/mol. The van der Waals surface area contributed by atoms with Crippen molar-refractivity contribution in [3.05, 3.63) is 59.9 Å². The third-order valence-corrected chi connectivity index (χ3v) is 3.94. The fourth-order valence-electron chi connectivity index (χ4n) is 2.60. The first-order chi connectivity index (χ1) is 13.4. The number of aryl methyl sites for hydroxylation is 1. The lowest BCUT2D eigenvalue weighted by Crippen LogP contribution is -2.14.